The van der Waals surface area contributed by atoms with Gasteiger partial charge in [0.05, 0.1) is 7.11 Å². The molecule has 7 heteroatoms. The van der Waals surface area contributed by atoms with E-state index in [4.69, 9.17) is 4.42 Å². The normalized spacial score (nSPS) is 16.2. The molecular weight excluding hydrogens is 236 g/mol. The van der Waals surface area contributed by atoms with Crippen molar-refractivity contribution in [2.75, 3.05) is 38.2 Å². The Balaban J connectivity index is 1.94. The van der Waals surface area contributed by atoms with Crippen LogP contribution in [0, 0.1) is 0 Å². The SMILES string of the molecule is COC(=O)N1CCN(c2nnc(C(C)C)o2)CC1. The quantitative estimate of drug-likeness (QED) is 0.786. The first-order valence-corrected chi connectivity index (χ1v) is 6.03. The highest BCUT2D eigenvalue weighted by atomic mass is 16.5. The Labute approximate surface area is 106 Å². The van der Waals surface area contributed by atoms with Crippen molar-refractivity contribution in [3.63, 3.8) is 0 Å². The maximum absolute atomic E-state index is 11.3. The molecule has 1 aliphatic heterocycles. The molecule has 0 saturated carbocycles. The Morgan fingerprint density at radius 1 is 1.28 bits per heavy atom. The maximum Gasteiger partial charge on any atom is 0.409 e. The number of rotatable bonds is 2. The Bertz CT molecular complexity index is 410. The number of aromatic nitrogens is 2. The molecule has 7 nitrogen and oxygen atoms in total. The summed E-state index contributed by atoms with van der Waals surface area (Å²) in [5.41, 5.74) is 0. The first-order chi connectivity index (χ1) is 8.61. The van der Waals surface area contributed by atoms with E-state index < -0.39 is 0 Å². The summed E-state index contributed by atoms with van der Waals surface area (Å²) in [7, 11) is 1.39. The Kier molecular flexibility index (Phi) is 3.69. The molecule has 0 unspecified atom stereocenters. The molecule has 0 aromatic carbocycles. The lowest BCUT2D eigenvalue weighted by Gasteiger charge is -2.32. The third-order valence-corrected chi connectivity index (χ3v) is 2.91. The zero-order valence-corrected chi connectivity index (χ0v) is 10.9. The van der Waals surface area contributed by atoms with Crippen LogP contribution in [0.3, 0.4) is 0 Å². The van der Waals surface area contributed by atoms with Crippen molar-refractivity contribution < 1.29 is 13.9 Å². The second kappa shape index (κ2) is 5.24. The Morgan fingerprint density at radius 3 is 2.44 bits per heavy atom. The van der Waals surface area contributed by atoms with Crippen molar-refractivity contribution in [2.24, 2.45) is 0 Å². The van der Waals surface area contributed by atoms with Crippen LogP contribution in [0.1, 0.15) is 25.7 Å². The molecule has 1 aliphatic rings. The second-order valence-corrected chi connectivity index (χ2v) is 4.52. The van der Waals surface area contributed by atoms with Gasteiger partial charge in [-0.05, 0) is 0 Å². The number of nitrogens with zero attached hydrogens (tertiary/aromatic N) is 4. The fraction of sp³-hybridized carbons (Fsp3) is 0.727. The van der Waals surface area contributed by atoms with Crippen LogP contribution >= 0.6 is 0 Å². The number of ether oxygens (including phenoxy) is 1. The van der Waals surface area contributed by atoms with E-state index in [2.05, 4.69) is 14.9 Å². The summed E-state index contributed by atoms with van der Waals surface area (Å²) < 4.78 is 10.3. The Hall–Kier alpha value is -1.79. The molecule has 1 aromatic heterocycles. The fourth-order valence-electron chi connectivity index (χ4n) is 1.80. The molecule has 1 amide bonds. The highest BCUT2D eigenvalue weighted by molar-refractivity contribution is 5.67. The van der Waals surface area contributed by atoms with Crippen LogP contribution in [0.15, 0.2) is 4.42 Å². The molecule has 2 rings (SSSR count). The van der Waals surface area contributed by atoms with Crippen molar-refractivity contribution in [2.45, 2.75) is 19.8 Å². The van der Waals surface area contributed by atoms with E-state index in [1.54, 1.807) is 4.90 Å². The van der Waals surface area contributed by atoms with E-state index >= 15 is 0 Å². The highest BCUT2D eigenvalue weighted by Gasteiger charge is 2.24. The lowest BCUT2D eigenvalue weighted by atomic mass is 10.2. The van der Waals surface area contributed by atoms with E-state index in [1.165, 1.54) is 7.11 Å². The summed E-state index contributed by atoms with van der Waals surface area (Å²) in [4.78, 5) is 15.0. The molecule has 100 valence electrons. The molecule has 2 heterocycles. The molecule has 1 fully saturated rings. The lowest BCUT2D eigenvalue weighted by Crippen LogP contribution is -2.48. The molecule has 0 bridgehead atoms. The van der Waals surface area contributed by atoms with Gasteiger partial charge in [-0.2, -0.15) is 0 Å². The van der Waals surface area contributed by atoms with Crippen LogP contribution in [-0.2, 0) is 4.74 Å². The standard InChI is InChI=1S/C11H18N4O3/c1-8(2)9-12-13-10(18-9)14-4-6-15(7-5-14)11(16)17-3/h8H,4-7H2,1-3H3. The van der Waals surface area contributed by atoms with Gasteiger partial charge in [0.15, 0.2) is 0 Å². The van der Waals surface area contributed by atoms with E-state index in [9.17, 15) is 4.79 Å². The zero-order chi connectivity index (χ0) is 13.1. The number of hydrogen-bond acceptors (Lipinski definition) is 6. The summed E-state index contributed by atoms with van der Waals surface area (Å²) in [6, 6.07) is 0.531. The minimum absolute atomic E-state index is 0.225. The third kappa shape index (κ3) is 2.55. The van der Waals surface area contributed by atoms with Gasteiger partial charge in [-0.1, -0.05) is 18.9 Å². The van der Waals surface area contributed by atoms with Crippen molar-refractivity contribution in [3.05, 3.63) is 5.89 Å². The number of carbonyl (C=O) groups is 1. The van der Waals surface area contributed by atoms with Crippen LogP contribution < -0.4 is 4.90 Å². The molecule has 0 N–H and O–H groups in total. The molecule has 18 heavy (non-hydrogen) atoms. The number of carbonyl (C=O) groups excluding carboxylic acids is 1. The van der Waals surface area contributed by atoms with E-state index in [0.29, 0.717) is 38.1 Å². The summed E-state index contributed by atoms with van der Waals surface area (Å²) in [5, 5.41) is 8.02. The van der Waals surface area contributed by atoms with Crippen LogP contribution in [0.25, 0.3) is 0 Å². The average molecular weight is 254 g/mol. The maximum atomic E-state index is 11.3. The summed E-state index contributed by atoms with van der Waals surface area (Å²) in [6.07, 6.45) is -0.289. The molecule has 0 aliphatic carbocycles. The predicted octanol–water partition coefficient (Wildman–Crippen LogP) is 1.08. The second-order valence-electron chi connectivity index (χ2n) is 4.52. The van der Waals surface area contributed by atoms with Crippen LogP contribution in [0.2, 0.25) is 0 Å². The minimum Gasteiger partial charge on any atom is -0.453 e. The van der Waals surface area contributed by atoms with Gasteiger partial charge in [0, 0.05) is 32.1 Å². The van der Waals surface area contributed by atoms with Gasteiger partial charge in [0.1, 0.15) is 0 Å². The smallest absolute Gasteiger partial charge is 0.409 e. The average Bonchev–Trinajstić information content (AvgIpc) is 2.88. The van der Waals surface area contributed by atoms with Gasteiger partial charge < -0.3 is 19.0 Å². The van der Waals surface area contributed by atoms with Gasteiger partial charge >= 0.3 is 12.1 Å². The number of methoxy groups -OCH3 is 1. The number of anilines is 1. The van der Waals surface area contributed by atoms with Crippen molar-refractivity contribution >= 4 is 12.1 Å². The van der Waals surface area contributed by atoms with Gasteiger partial charge in [0.25, 0.3) is 0 Å². The van der Waals surface area contributed by atoms with Gasteiger partial charge in [0.2, 0.25) is 5.89 Å². The van der Waals surface area contributed by atoms with Crippen molar-refractivity contribution in [1.29, 1.82) is 0 Å². The summed E-state index contributed by atoms with van der Waals surface area (Å²) in [6.45, 7) is 6.57. The van der Waals surface area contributed by atoms with E-state index in [-0.39, 0.29) is 12.0 Å². The largest absolute Gasteiger partial charge is 0.453 e. The zero-order valence-electron chi connectivity index (χ0n) is 10.9. The topological polar surface area (TPSA) is 71.7 Å². The first kappa shape index (κ1) is 12.7. The minimum atomic E-state index is -0.289. The fourth-order valence-corrected chi connectivity index (χ4v) is 1.80. The van der Waals surface area contributed by atoms with E-state index in [0.717, 1.165) is 0 Å². The van der Waals surface area contributed by atoms with Gasteiger partial charge in [-0.3, -0.25) is 0 Å². The first-order valence-electron chi connectivity index (χ1n) is 6.03. The van der Waals surface area contributed by atoms with Crippen molar-refractivity contribution in [3.8, 4) is 0 Å². The molecule has 0 radical (unpaired) electrons. The van der Waals surface area contributed by atoms with Crippen molar-refractivity contribution in [1.82, 2.24) is 15.1 Å². The Morgan fingerprint density at radius 2 is 1.94 bits per heavy atom. The van der Waals surface area contributed by atoms with Gasteiger partial charge in [-0.15, -0.1) is 5.10 Å². The van der Waals surface area contributed by atoms with E-state index in [1.807, 2.05) is 18.7 Å². The summed E-state index contributed by atoms with van der Waals surface area (Å²) in [5.74, 6) is 0.864. The molecular formula is C11H18N4O3. The molecule has 1 aromatic rings. The van der Waals surface area contributed by atoms with Gasteiger partial charge in [-0.25, -0.2) is 4.79 Å². The molecule has 0 spiro atoms. The van der Waals surface area contributed by atoms with Crippen LogP contribution in [0.4, 0.5) is 10.8 Å². The number of amides is 1. The molecule has 0 atom stereocenters. The molecule has 1 saturated heterocycles. The predicted molar refractivity (Wildman–Crippen MR) is 64.6 cm³/mol. The monoisotopic (exact) mass is 254 g/mol. The highest BCUT2D eigenvalue weighted by Crippen LogP contribution is 2.19. The number of piperazine rings is 1. The van der Waals surface area contributed by atoms with Crippen LogP contribution in [0.5, 0.6) is 0 Å². The third-order valence-electron chi connectivity index (χ3n) is 2.91. The summed E-state index contributed by atoms with van der Waals surface area (Å²) >= 11 is 0. The number of hydrogen-bond donors (Lipinski definition) is 0. The van der Waals surface area contributed by atoms with Crippen LogP contribution in [-0.4, -0.2) is 54.5 Å². The lowest BCUT2D eigenvalue weighted by molar-refractivity contribution is 0.120.